The first-order valence-electron chi connectivity index (χ1n) is 3.86. The van der Waals surface area contributed by atoms with Crippen molar-refractivity contribution in [3.8, 4) is 0 Å². The number of hydrogen-bond acceptors (Lipinski definition) is 1. The van der Waals surface area contributed by atoms with Gasteiger partial charge in [-0.05, 0) is 18.4 Å². The molecule has 0 radical (unpaired) electrons. The average molecular weight is 138 g/mol. The summed E-state index contributed by atoms with van der Waals surface area (Å²) in [6, 6.07) is 0. The van der Waals surface area contributed by atoms with E-state index in [1.165, 1.54) is 5.57 Å². The third kappa shape index (κ3) is 2.36. The van der Waals surface area contributed by atoms with Crippen molar-refractivity contribution in [1.82, 2.24) is 0 Å². The molecule has 0 saturated carbocycles. The molecule has 0 spiro atoms. The second kappa shape index (κ2) is 4.29. The Labute approximate surface area is 62.4 Å². The molecule has 0 atom stereocenters. The molecule has 0 N–H and O–H groups in total. The van der Waals surface area contributed by atoms with Gasteiger partial charge in [0.05, 0.1) is 6.61 Å². The van der Waals surface area contributed by atoms with Crippen LogP contribution in [0.1, 0.15) is 19.8 Å². The van der Waals surface area contributed by atoms with E-state index in [1.54, 1.807) is 0 Å². The number of allylic oxidation sites excluding steroid dienone is 3. The van der Waals surface area contributed by atoms with Crippen LogP contribution in [-0.4, -0.2) is 13.2 Å². The zero-order chi connectivity index (χ0) is 7.23. The maximum atomic E-state index is 5.36. The van der Waals surface area contributed by atoms with Gasteiger partial charge in [-0.3, -0.25) is 0 Å². The van der Waals surface area contributed by atoms with E-state index in [4.69, 9.17) is 4.74 Å². The molecule has 0 saturated heterocycles. The molecule has 0 aliphatic heterocycles. The van der Waals surface area contributed by atoms with Crippen LogP contribution < -0.4 is 0 Å². The van der Waals surface area contributed by atoms with Crippen LogP contribution in [0.4, 0.5) is 0 Å². The van der Waals surface area contributed by atoms with Gasteiger partial charge < -0.3 is 4.74 Å². The van der Waals surface area contributed by atoms with E-state index in [1.807, 2.05) is 0 Å². The Kier molecular flexibility index (Phi) is 3.23. The quantitative estimate of drug-likeness (QED) is 0.541. The molecule has 56 valence electrons. The molecule has 0 aromatic rings. The van der Waals surface area contributed by atoms with Crippen LogP contribution in [-0.2, 0) is 4.74 Å². The summed E-state index contributed by atoms with van der Waals surface area (Å²) < 4.78 is 5.36. The zero-order valence-corrected chi connectivity index (χ0v) is 6.47. The van der Waals surface area contributed by atoms with Crippen molar-refractivity contribution >= 4 is 0 Å². The van der Waals surface area contributed by atoms with E-state index in [9.17, 15) is 0 Å². The standard InChI is InChI=1S/C9H14O/c1-2-7-10-8-9-5-3-4-6-9/h3-5H,2,6-8H2,1H3. The number of rotatable bonds is 4. The van der Waals surface area contributed by atoms with Crippen LogP contribution in [0.2, 0.25) is 0 Å². The monoisotopic (exact) mass is 138 g/mol. The maximum Gasteiger partial charge on any atom is 0.0682 e. The Bertz CT molecular complexity index is 145. The van der Waals surface area contributed by atoms with Gasteiger partial charge >= 0.3 is 0 Å². The Morgan fingerprint density at radius 2 is 2.50 bits per heavy atom. The summed E-state index contributed by atoms with van der Waals surface area (Å²) in [7, 11) is 0. The molecule has 0 aromatic heterocycles. The van der Waals surface area contributed by atoms with Gasteiger partial charge in [0, 0.05) is 6.61 Å². The SMILES string of the molecule is CCCOCC1=CC=CC1. The minimum absolute atomic E-state index is 0.820. The second-order valence-electron chi connectivity index (χ2n) is 2.51. The average Bonchev–Trinajstić information content (AvgIpc) is 2.41. The summed E-state index contributed by atoms with van der Waals surface area (Å²) in [6.45, 7) is 3.83. The Hall–Kier alpha value is -0.560. The van der Waals surface area contributed by atoms with Crippen molar-refractivity contribution in [2.24, 2.45) is 0 Å². The normalized spacial score (nSPS) is 15.9. The van der Waals surface area contributed by atoms with Crippen LogP contribution in [0.5, 0.6) is 0 Å². The molecule has 0 fully saturated rings. The summed E-state index contributed by atoms with van der Waals surface area (Å²) in [5.74, 6) is 0. The highest BCUT2D eigenvalue weighted by atomic mass is 16.5. The summed E-state index contributed by atoms with van der Waals surface area (Å²) in [5, 5.41) is 0. The van der Waals surface area contributed by atoms with E-state index in [-0.39, 0.29) is 0 Å². The fourth-order valence-electron chi connectivity index (χ4n) is 0.946. The van der Waals surface area contributed by atoms with Gasteiger partial charge in [-0.1, -0.05) is 25.2 Å². The first-order valence-corrected chi connectivity index (χ1v) is 3.86. The molecule has 1 aliphatic carbocycles. The molecule has 0 heterocycles. The molecule has 0 bridgehead atoms. The lowest BCUT2D eigenvalue weighted by molar-refractivity contribution is 0.156. The lowest BCUT2D eigenvalue weighted by Gasteiger charge is -2.01. The molecule has 0 unspecified atom stereocenters. The minimum Gasteiger partial charge on any atom is -0.377 e. The predicted molar refractivity (Wildman–Crippen MR) is 43.0 cm³/mol. The smallest absolute Gasteiger partial charge is 0.0682 e. The fourth-order valence-corrected chi connectivity index (χ4v) is 0.946. The van der Waals surface area contributed by atoms with Crippen molar-refractivity contribution in [2.45, 2.75) is 19.8 Å². The van der Waals surface area contributed by atoms with Crippen LogP contribution in [0, 0.1) is 0 Å². The zero-order valence-electron chi connectivity index (χ0n) is 6.47. The summed E-state index contributed by atoms with van der Waals surface area (Å²) in [6.07, 6.45) is 8.58. The molecule has 10 heavy (non-hydrogen) atoms. The van der Waals surface area contributed by atoms with Crippen molar-refractivity contribution in [2.75, 3.05) is 13.2 Å². The van der Waals surface area contributed by atoms with E-state index in [0.29, 0.717) is 0 Å². The third-order valence-corrected chi connectivity index (χ3v) is 1.48. The van der Waals surface area contributed by atoms with Crippen LogP contribution in [0.3, 0.4) is 0 Å². The molecule has 0 aromatic carbocycles. The van der Waals surface area contributed by atoms with Gasteiger partial charge in [-0.2, -0.15) is 0 Å². The third-order valence-electron chi connectivity index (χ3n) is 1.48. The predicted octanol–water partition coefficient (Wildman–Crippen LogP) is 2.30. The van der Waals surface area contributed by atoms with Crippen molar-refractivity contribution < 1.29 is 4.74 Å². The van der Waals surface area contributed by atoms with Crippen molar-refractivity contribution in [1.29, 1.82) is 0 Å². The minimum atomic E-state index is 0.820. The van der Waals surface area contributed by atoms with E-state index in [0.717, 1.165) is 26.1 Å². The van der Waals surface area contributed by atoms with Gasteiger partial charge in [-0.15, -0.1) is 0 Å². The molecule has 1 nitrogen and oxygen atoms in total. The van der Waals surface area contributed by atoms with Crippen LogP contribution in [0.15, 0.2) is 23.8 Å². The topological polar surface area (TPSA) is 9.23 Å². The second-order valence-corrected chi connectivity index (χ2v) is 2.51. The van der Waals surface area contributed by atoms with Crippen molar-refractivity contribution in [3.05, 3.63) is 23.8 Å². The van der Waals surface area contributed by atoms with E-state index in [2.05, 4.69) is 25.2 Å². The Morgan fingerprint density at radius 3 is 3.10 bits per heavy atom. The van der Waals surface area contributed by atoms with E-state index >= 15 is 0 Å². The van der Waals surface area contributed by atoms with Crippen LogP contribution >= 0.6 is 0 Å². The first-order chi connectivity index (χ1) is 4.93. The lowest BCUT2D eigenvalue weighted by atomic mass is 10.2. The largest absolute Gasteiger partial charge is 0.377 e. The summed E-state index contributed by atoms with van der Waals surface area (Å²) in [5.41, 5.74) is 1.40. The van der Waals surface area contributed by atoms with Gasteiger partial charge in [0.2, 0.25) is 0 Å². The number of ether oxygens (including phenoxy) is 1. The fraction of sp³-hybridized carbons (Fsp3) is 0.556. The first kappa shape index (κ1) is 7.55. The van der Waals surface area contributed by atoms with Gasteiger partial charge in [0.25, 0.3) is 0 Å². The molecular formula is C9H14O. The Morgan fingerprint density at radius 1 is 1.60 bits per heavy atom. The maximum absolute atomic E-state index is 5.36. The highest BCUT2D eigenvalue weighted by Crippen LogP contribution is 2.09. The molecule has 1 heteroatoms. The van der Waals surface area contributed by atoms with Gasteiger partial charge in [-0.25, -0.2) is 0 Å². The molecule has 1 rings (SSSR count). The summed E-state index contributed by atoms with van der Waals surface area (Å²) in [4.78, 5) is 0. The Balaban J connectivity index is 2.04. The van der Waals surface area contributed by atoms with E-state index < -0.39 is 0 Å². The van der Waals surface area contributed by atoms with Gasteiger partial charge in [0.15, 0.2) is 0 Å². The highest BCUT2D eigenvalue weighted by molar-refractivity contribution is 5.22. The highest BCUT2D eigenvalue weighted by Gasteiger charge is 1.97. The van der Waals surface area contributed by atoms with Crippen molar-refractivity contribution in [3.63, 3.8) is 0 Å². The molecule has 0 amide bonds. The van der Waals surface area contributed by atoms with Gasteiger partial charge in [0.1, 0.15) is 0 Å². The van der Waals surface area contributed by atoms with Crippen LogP contribution in [0.25, 0.3) is 0 Å². The molecule has 1 aliphatic rings. The molecular weight excluding hydrogens is 124 g/mol. The summed E-state index contributed by atoms with van der Waals surface area (Å²) >= 11 is 0. The lowest BCUT2D eigenvalue weighted by Crippen LogP contribution is -1.97. The number of hydrogen-bond donors (Lipinski definition) is 0.